The fourth-order valence-corrected chi connectivity index (χ4v) is 1.67. The van der Waals surface area contributed by atoms with Crippen molar-refractivity contribution in [3.63, 3.8) is 0 Å². The van der Waals surface area contributed by atoms with Gasteiger partial charge in [-0.05, 0) is 0 Å². The molecule has 1 atom stereocenters. The van der Waals surface area contributed by atoms with Crippen LogP contribution in [0, 0.1) is 0 Å². The molecule has 0 amide bonds. The number of rotatable bonds is 0. The molecule has 2 rings (SSSR count). The Hall–Kier alpha value is -1.32. The van der Waals surface area contributed by atoms with Crippen LogP contribution in [0.25, 0.3) is 0 Å². The molecule has 2 aliphatic rings. The molecule has 1 unspecified atom stereocenters. The number of carbonyl (C=O) groups is 2. The van der Waals surface area contributed by atoms with Crippen LogP contribution in [0.15, 0.2) is 12.2 Å². The highest BCUT2D eigenvalue weighted by molar-refractivity contribution is 5.90. The third kappa shape index (κ3) is 1.32. The Balaban J connectivity index is 2.11. The van der Waals surface area contributed by atoms with E-state index in [1.807, 2.05) is 0 Å². The lowest BCUT2D eigenvalue weighted by Crippen LogP contribution is -2.40. The second-order valence-electron chi connectivity index (χ2n) is 3.51. The third-order valence-corrected chi connectivity index (χ3v) is 2.41. The lowest BCUT2D eigenvalue weighted by atomic mass is 9.92. The largest absolute Gasteiger partial charge is 0.461 e. The highest BCUT2D eigenvalue weighted by Gasteiger charge is 2.46. The molecule has 0 aromatic carbocycles. The summed E-state index contributed by atoms with van der Waals surface area (Å²) in [6.07, 6.45) is 1.36. The van der Waals surface area contributed by atoms with Crippen LogP contribution in [0.4, 0.5) is 0 Å². The van der Waals surface area contributed by atoms with E-state index in [1.165, 1.54) is 0 Å². The fraction of sp³-hybridized carbons (Fsp3) is 0.556. The summed E-state index contributed by atoms with van der Waals surface area (Å²) in [6.45, 7) is 3.77. The first-order valence-corrected chi connectivity index (χ1v) is 4.18. The predicted octanol–water partition coefficient (Wildman–Crippen LogP) is 0.565. The smallest absolute Gasteiger partial charge is 0.334 e. The SMILES string of the molecule is C=C1CC2(CCC(=O)OC2)OC1=O. The molecule has 70 valence electrons. The average Bonchev–Trinajstić information content (AvgIpc) is 2.36. The molecule has 4 heteroatoms. The Morgan fingerprint density at radius 1 is 1.38 bits per heavy atom. The molecule has 2 heterocycles. The maximum atomic E-state index is 11.1. The first kappa shape index (κ1) is 8.29. The van der Waals surface area contributed by atoms with Gasteiger partial charge in [-0.3, -0.25) is 4.79 Å². The van der Waals surface area contributed by atoms with Crippen LogP contribution < -0.4 is 0 Å². The van der Waals surface area contributed by atoms with Crippen molar-refractivity contribution in [2.24, 2.45) is 0 Å². The molecule has 0 radical (unpaired) electrons. The third-order valence-electron chi connectivity index (χ3n) is 2.41. The second kappa shape index (κ2) is 2.58. The topological polar surface area (TPSA) is 52.6 Å². The Kier molecular flexibility index (Phi) is 1.65. The molecule has 2 aliphatic heterocycles. The first-order valence-electron chi connectivity index (χ1n) is 4.18. The fourth-order valence-electron chi connectivity index (χ4n) is 1.67. The van der Waals surface area contributed by atoms with Crippen molar-refractivity contribution < 1.29 is 19.1 Å². The molecule has 2 fully saturated rings. The number of carbonyl (C=O) groups excluding carboxylic acids is 2. The van der Waals surface area contributed by atoms with Crippen LogP contribution in [0.3, 0.4) is 0 Å². The standard InChI is InChI=1S/C9H10O4/c1-6-4-9(13-8(6)11)3-2-7(10)12-5-9/h1-5H2. The monoisotopic (exact) mass is 182 g/mol. The van der Waals surface area contributed by atoms with Gasteiger partial charge in [-0.2, -0.15) is 0 Å². The van der Waals surface area contributed by atoms with Crippen LogP contribution in [-0.4, -0.2) is 24.1 Å². The van der Waals surface area contributed by atoms with Crippen molar-refractivity contribution in [1.82, 2.24) is 0 Å². The highest BCUT2D eigenvalue weighted by Crippen LogP contribution is 2.36. The van der Waals surface area contributed by atoms with Gasteiger partial charge in [-0.15, -0.1) is 0 Å². The van der Waals surface area contributed by atoms with Gasteiger partial charge in [0.2, 0.25) is 0 Å². The van der Waals surface area contributed by atoms with Crippen molar-refractivity contribution >= 4 is 11.9 Å². The quantitative estimate of drug-likeness (QED) is 0.406. The molecular weight excluding hydrogens is 172 g/mol. The molecule has 0 aromatic rings. The summed E-state index contributed by atoms with van der Waals surface area (Å²) in [5.74, 6) is -0.586. The van der Waals surface area contributed by atoms with Crippen LogP contribution in [0.2, 0.25) is 0 Å². The van der Waals surface area contributed by atoms with Gasteiger partial charge in [0, 0.05) is 24.8 Å². The Morgan fingerprint density at radius 3 is 2.62 bits per heavy atom. The summed E-state index contributed by atoms with van der Waals surface area (Å²) < 4.78 is 9.99. The van der Waals surface area contributed by atoms with E-state index >= 15 is 0 Å². The van der Waals surface area contributed by atoms with E-state index in [0.29, 0.717) is 24.8 Å². The van der Waals surface area contributed by atoms with E-state index in [1.54, 1.807) is 0 Å². The zero-order chi connectivity index (χ0) is 9.47. The zero-order valence-corrected chi connectivity index (χ0v) is 7.17. The Bertz CT molecular complexity index is 264. The average molecular weight is 182 g/mol. The van der Waals surface area contributed by atoms with E-state index in [2.05, 4.69) is 6.58 Å². The van der Waals surface area contributed by atoms with Crippen LogP contribution in [-0.2, 0) is 19.1 Å². The molecule has 13 heavy (non-hydrogen) atoms. The highest BCUT2D eigenvalue weighted by atomic mass is 16.6. The molecule has 0 N–H and O–H groups in total. The first-order chi connectivity index (χ1) is 6.11. The molecule has 1 spiro atoms. The maximum absolute atomic E-state index is 11.1. The van der Waals surface area contributed by atoms with E-state index < -0.39 is 5.60 Å². The summed E-state index contributed by atoms with van der Waals surface area (Å²) in [6, 6.07) is 0. The summed E-state index contributed by atoms with van der Waals surface area (Å²) in [5, 5.41) is 0. The summed E-state index contributed by atoms with van der Waals surface area (Å²) in [7, 11) is 0. The number of ether oxygens (including phenoxy) is 2. The van der Waals surface area contributed by atoms with Crippen LogP contribution >= 0.6 is 0 Å². The van der Waals surface area contributed by atoms with Crippen molar-refractivity contribution in [3.8, 4) is 0 Å². The lowest BCUT2D eigenvalue weighted by Gasteiger charge is -2.30. The molecule has 2 saturated heterocycles. The molecule has 0 saturated carbocycles. The minimum absolute atomic E-state index is 0.177. The van der Waals surface area contributed by atoms with Gasteiger partial charge in [-0.25, -0.2) is 4.79 Å². The normalized spacial score (nSPS) is 33.4. The Labute approximate surface area is 75.5 Å². The van der Waals surface area contributed by atoms with Crippen molar-refractivity contribution in [2.45, 2.75) is 24.9 Å². The van der Waals surface area contributed by atoms with Crippen molar-refractivity contribution in [1.29, 1.82) is 0 Å². The van der Waals surface area contributed by atoms with Gasteiger partial charge in [0.25, 0.3) is 0 Å². The van der Waals surface area contributed by atoms with Gasteiger partial charge in [0.1, 0.15) is 6.61 Å². The van der Waals surface area contributed by atoms with E-state index in [4.69, 9.17) is 9.47 Å². The van der Waals surface area contributed by atoms with Gasteiger partial charge in [0.05, 0.1) is 0 Å². The predicted molar refractivity (Wildman–Crippen MR) is 42.8 cm³/mol. The summed E-state index contributed by atoms with van der Waals surface area (Å²) >= 11 is 0. The minimum Gasteiger partial charge on any atom is -0.461 e. The Morgan fingerprint density at radius 2 is 2.15 bits per heavy atom. The maximum Gasteiger partial charge on any atom is 0.334 e. The van der Waals surface area contributed by atoms with Gasteiger partial charge >= 0.3 is 11.9 Å². The van der Waals surface area contributed by atoms with Crippen LogP contribution in [0.1, 0.15) is 19.3 Å². The van der Waals surface area contributed by atoms with Gasteiger partial charge in [0.15, 0.2) is 5.60 Å². The van der Waals surface area contributed by atoms with E-state index in [9.17, 15) is 9.59 Å². The summed E-state index contributed by atoms with van der Waals surface area (Å²) in [5.41, 5.74) is -0.125. The minimum atomic E-state index is -0.595. The zero-order valence-electron chi connectivity index (χ0n) is 7.17. The molecule has 0 bridgehead atoms. The molecule has 0 aliphatic carbocycles. The number of cyclic esters (lactones) is 1. The molecular formula is C9H10O4. The second-order valence-corrected chi connectivity index (χ2v) is 3.51. The van der Waals surface area contributed by atoms with Gasteiger partial charge < -0.3 is 9.47 Å². The van der Waals surface area contributed by atoms with Crippen LogP contribution in [0.5, 0.6) is 0 Å². The van der Waals surface area contributed by atoms with Gasteiger partial charge in [-0.1, -0.05) is 6.58 Å². The lowest BCUT2D eigenvalue weighted by molar-refractivity contribution is -0.172. The van der Waals surface area contributed by atoms with Crippen molar-refractivity contribution in [3.05, 3.63) is 12.2 Å². The number of esters is 2. The number of hydrogen-bond donors (Lipinski definition) is 0. The summed E-state index contributed by atoms with van der Waals surface area (Å²) in [4.78, 5) is 21.8. The van der Waals surface area contributed by atoms with E-state index in [0.717, 1.165) is 0 Å². The molecule has 4 nitrogen and oxygen atoms in total. The van der Waals surface area contributed by atoms with E-state index in [-0.39, 0.29) is 18.5 Å². The van der Waals surface area contributed by atoms with Crippen molar-refractivity contribution in [2.75, 3.05) is 6.61 Å². The number of hydrogen-bond acceptors (Lipinski definition) is 4. The molecule has 0 aromatic heterocycles.